The van der Waals surface area contributed by atoms with Gasteiger partial charge < -0.3 is 9.47 Å². The summed E-state index contributed by atoms with van der Waals surface area (Å²) in [5.41, 5.74) is 1.55. The number of halogens is 3. The summed E-state index contributed by atoms with van der Waals surface area (Å²) in [6, 6.07) is 17.6. The van der Waals surface area contributed by atoms with Crippen molar-refractivity contribution in [1.29, 1.82) is 0 Å². The van der Waals surface area contributed by atoms with Crippen molar-refractivity contribution in [3.8, 4) is 11.5 Å². The second-order valence-corrected chi connectivity index (χ2v) is 7.67. The van der Waals surface area contributed by atoms with Gasteiger partial charge in [-0.25, -0.2) is 8.78 Å². The van der Waals surface area contributed by atoms with Crippen molar-refractivity contribution in [2.24, 2.45) is 0 Å². The maximum Gasteiger partial charge on any atom is 0.130 e. The van der Waals surface area contributed by atoms with E-state index in [9.17, 15) is 8.78 Å². The normalized spacial score (nSPS) is 11.5. The lowest BCUT2D eigenvalue weighted by Gasteiger charge is -2.25. The molecule has 0 aromatic heterocycles. The highest BCUT2D eigenvalue weighted by Gasteiger charge is 2.21. The third-order valence-electron chi connectivity index (χ3n) is 4.34. The molecule has 3 aromatic rings. The van der Waals surface area contributed by atoms with Gasteiger partial charge in [-0.15, -0.1) is 0 Å². The van der Waals surface area contributed by atoms with Crippen molar-refractivity contribution in [3.63, 3.8) is 0 Å². The predicted molar refractivity (Wildman–Crippen MR) is 107 cm³/mol. The minimum Gasteiger partial charge on any atom is -0.457 e. The van der Waals surface area contributed by atoms with Gasteiger partial charge in [0.15, 0.2) is 0 Å². The molecule has 28 heavy (non-hydrogen) atoms. The summed E-state index contributed by atoms with van der Waals surface area (Å²) in [7, 11) is 0. The third-order valence-corrected chi connectivity index (χ3v) is 4.59. The Morgan fingerprint density at radius 1 is 0.821 bits per heavy atom. The first kappa shape index (κ1) is 20.3. The second kappa shape index (κ2) is 8.72. The highest BCUT2D eigenvalue weighted by Crippen LogP contribution is 2.27. The molecule has 0 aliphatic rings. The van der Waals surface area contributed by atoms with Crippen LogP contribution in [-0.2, 0) is 16.8 Å². The zero-order chi connectivity index (χ0) is 20.1. The Kier molecular flexibility index (Phi) is 6.32. The Bertz CT molecular complexity index is 922. The summed E-state index contributed by atoms with van der Waals surface area (Å²) in [5.74, 6) is -0.0101. The van der Waals surface area contributed by atoms with Crippen LogP contribution in [0.4, 0.5) is 8.78 Å². The van der Waals surface area contributed by atoms with E-state index in [4.69, 9.17) is 21.1 Å². The molecule has 0 saturated heterocycles. The van der Waals surface area contributed by atoms with E-state index in [-0.39, 0.29) is 17.8 Å². The summed E-state index contributed by atoms with van der Waals surface area (Å²) < 4.78 is 38.4. The van der Waals surface area contributed by atoms with Crippen LogP contribution in [0.15, 0.2) is 66.7 Å². The van der Waals surface area contributed by atoms with Gasteiger partial charge in [0, 0.05) is 16.5 Å². The molecule has 3 aromatic carbocycles. The SMILES string of the molecule is CC(C)(COCc1cc(F)cc(Oc2ccc(F)cc2)c1)c1ccc(Cl)cc1. The van der Waals surface area contributed by atoms with E-state index in [1.54, 1.807) is 6.07 Å². The average molecular weight is 403 g/mol. The topological polar surface area (TPSA) is 18.5 Å². The summed E-state index contributed by atoms with van der Waals surface area (Å²) in [6.07, 6.45) is 0. The fourth-order valence-corrected chi connectivity index (χ4v) is 2.94. The van der Waals surface area contributed by atoms with Crippen LogP contribution in [0.3, 0.4) is 0 Å². The van der Waals surface area contributed by atoms with Crippen LogP contribution in [0.2, 0.25) is 5.02 Å². The first-order valence-corrected chi connectivity index (χ1v) is 9.26. The van der Waals surface area contributed by atoms with Crippen LogP contribution in [-0.4, -0.2) is 6.61 Å². The fraction of sp³-hybridized carbons (Fsp3) is 0.217. The maximum atomic E-state index is 14.0. The standard InChI is InChI=1S/C23H21ClF2O2/c1-23(2,17-3-5-18(24)6-4-17)15-27-14-16-11-20(26)13-22(12-16)28-21-9-7-19(25)8-10-21/h3-13H,14-15H2,1-2H3. The van der Waals surface area contributed by atoms with E-state index in [1.807, 2.05) is 24.3 Å². The van der Waals surface area contributed by atoms with Gasteiger partial charge in [0.2, 0.25) is 0 Å². The van der Waals surface area contributed by atoms with Gasteiger partial charge in [-0.05, 0) is 59.7 Å². The number of rotatable bonds is 7. The second-order valence-electron chi connectivity index (χ2n) is 7.23. The highest BCUT2D eigenvalue weighted by molar-refractivity contribution is 6.30. The van der Waals surface area contributed by atoms with Gasteiger partial charge >= 0.3 is 0 Å². The van der Waals surface area contributed by atoms with Crippen molar-refractivity contribution in [2.45, 2.75) is 25.9 Å². The minimum atomic E-state index is -0.421. The van der Waals surface area contributed by atoms with Crippen LogP contribution in [0.25, 0.3) is 0 Å². The van der Waals surface area contributed by atoms with Crippen LogP contribution in [0.1, 0.15) is 25.0 Å². The molecule has 0 saturated carbocycles. The Morgan fingerprint density at radius 3 is 2.18 bits per heavy atom. The van der Waals surface area contributed by atoms with Crippen LogP contribution in [0.5, 0.6) is 11.5 Å². The zero-order valence-corrected chi connectivity index (χ0v) is 16.5. The van der Waals surface area contributed by atoms with E-state index in [2.05, 4.69) is 13.8 Å². The molecule has 3 rings (SSSR count). The fourth-order valence-electron chi connectivity index (χ4n) is 2.81. The lowest BCUT2D eigenvalue weighted by Crippen LogP contribution is -2.24. The van der Waals surface area contributed by atoms with Gasteiger partial charge in [-0.2, -0.15) is 0 Å². The molecule has 2 nitrogen and oxygen atoms in total. The first-order valence-electron chi connectivity index (χ1n) is 8.88. The molecular formula is C23H21ClF2O2. The Hall–Kier alpha value is -2.43. The molecule has 0 aliphatic carbocycles. The molecule has 0 aliphatic heterocycles. The number of hydrogen-bond donors (Lipinski definition) is 0. The van der Waals surface area contributed by atoms with Crippen molar-refractivity contribution in [1.82, 2.24) is 0 Å². The molecule has 146 valence electrons. The van der Waals surface area contributed by atoms with Crippen molar-refractivity contribution >= 4 is 11.6 Å². The van der Waals surface area contributed by atoms with Crippen LogP contribution < -0.4 is 4.74 Å². The predicted octanol–water partition coefficient (Wildman–Crippen LogP) is 6.90. The zero-order valence-electron chi connectivity index (χ0n) is 15.7. The molecule has 0 fully saturated rings. The van der Waals surface area contributed by atoms with Gasteiger partial charge in [-0.3, -0.25) is 0 Å². The molecule has 0 unspecified atom stereocenters. The molecule has 0 bridgehead atoms. The molecule has 0 atom stereocenters. The Balaban J connectivity index is 1.63. The molecule has 0 spiro atoms. The number of ether oxygens (including phenoxy) is 2. The largest absolute Gasteiger partial charge is 0.457 e. The van der Waals surface area contributed by atoms with E-state index >= 15 is 0 Å². The highest BCUT2D eigenvalue weighted by atomic mass is 35.5. The Morgan fingerprint density at radius 2 is 1.50 bits per heavy atom. The maximum absolute atomic E-state index is 14.0. The summed E-state index contributed by atoms with van der Waals surface area (Å²) in [5, 5.41) is 0.689. The van der Waals surface area contributed by atoms with E-state index < -0.39 is 5.82 Å². The first-order chi connectivity index (χ1) is 13.3. The molecule has 5 heteroatoms. The van der Waals surface area contributed by atoms with E-state index in [0.29, 0.717) is 28.7 Å². The quantitative estimate of drug-likeness (QED) is 0.427. The van der Waals surface area contributed by atoms with Gasteiger partial charge in [0.05, 0.1) is 13.2 Å². The minimum absolute atomic E-state index is 0.217. The Labute approximate surface area is 168 Å². The molecular weight excluding hydrogens is 382 g/mol. The summed E-state index contributed by atoms with van der Waals surface area (Å²) in [6.45, 7) is 4.85. The molecule has 0 N–H and O–H groups in total. The molecule has 0 amide bonds. The van der Waals surface area contributed by atoms with Crippen LogP contribution >= 0.6 is 11.6 Å². The lowest BCUT2D eigenvalue weighted by atomic mass is 9.86. The van der Waals surface area contributed by atoms with Gasteiger partial charge in [0.25, 0.3) is 0 Å². The van der Waals surface area contributed by atoms with Crippen LogP contribution in [0, 0.1) is 11.6 Å². The van der Waals surface area contributed by atoms with Crippen molar-refractivity contribution < 1.29 is 18.3 Å². The van der Waals surface area contributed by atoms with Gasteiger partial charge in [-0.1, -0.05) is 37.6 Å². The lowest BCUT2D eigenvalue weighted by molar-refractivity contribution is 0.0822. The average Bonchev–Trinajstić information content (AvgIpc) is 2.63. The monoisotopic (exact) mass is 402 g/mol. The van der Waals surface area contributed by atoms with Gasteiger partial charge in [0.1, 0.15) is 23.1 Å². The third kappa shape index (κ3) is 5.54. The number of benzene rings is 3. The molecule has 0 heterocycles. The summed E-state index contributed by atoms with van der Waals surface area (Å²) in [4.78, 5) is 0. The van der Waals surface area contributed by atoms with Crippen molar-refractivity contribution in [3.05, 3.63) is 94.5 Å². The molecule has 0 radical (unpaired) electrons. The number of hydrogen-bond acceptors (Lipinski definition) is 2. The van der Waals surface area contributed by atoms with E-state index in [0.717, 1.165) is 5.56 Å². The van der Waals surface area contributed by atoms with Crippen molar-refractivity contribution in [2.75, 3.05) is 6.61 Å². The van der Waals surface area contributed by atoms with E-state index in [1.165, 1.54) is 36.4 Å². The summed E-state index contributed by atoms with van der Waals surface area (Å²) >= 11 is 5.94. The smallest absolute Gasteiger partial charge is 0.130 e.